The van der Waals surface area contributed by atoms with Gasteiger partial charge in [0.25, 0.3) is 11.8 Å². The van der Waals surface area contributed by atoms with Crippen LogP contribution in [-0.4, -0.2) is 103 Å². The van der Waals surface area contributed by atoms with Crippen LogP contribution in [0.3, 0.4) is 0 Å². The smallest absolute Gasteiger partial charge is 0.355 e. The van der Waals surface area contributed by atoms with Crippen LogP contribution in [0.2, 0.25) is 0 Å². The normalized spacial score (nSPS) is 20.7. The Bertz CT molecular complexity index is 2970. The van der Waals surface area contributed by atoms with Crippen molar-refractivity contribution in [3.05, 3.63) is 117 Å². The van der Waals surface area contributed by atoms with E-state index >= 15 is 8.78 Å². The number of imide groups is 2. The van der Waals surface area contributed by atoms with E-state index in [1.807, 2.05) is 24.0 Å². The number of nitrogens with zero attached hydrogens (tertiary/aromatic N) is 6. The zero-order chi connectivity index (χ0) is 47.4. The molecule has 18 heteroatoms. The summed E-state index contributed by atoms with van der Waals surface area (Å²) >= 11 is 0. The van der Waals surface area contributed by atoms with Gasteiger partial charge in [-0.3, -0.25) is 39.1 Å². The highest BCUT2D eigenvalue weighted by Gasteiger charge is 2.46. The number of aromatic hydroxyl groups is 1. The zero-order valence-electron chi connectivity index (χ0n) is 37.2. The van der Waals surface area contributed by atoms with E-state index in [1.54, 1.807) is 32.0 Å². The van der Waals surface area contributed by atoms with E-state index in [4.69, 9.17) is 0 Å². The van der Waals surface area contributed by atoms with Crippen LogP contribution in [0.5, 0.6) is 5.75 Å². The number of anilines is 2. The number of nitrogens with one attached hydrogen (secondary N) is 3. The van der Waals surface area contributed by atoms with Crippen LogP contribution in [0, 0.1) is 31.4 Å². The Morgan fingerprint density at radius 3 is 2.48 bits per heavy atom. The monoisotopic (exact) mass is 913 g/mol. The number of rotatable bonds is 12. The molecule has 5 aromatic rings. The lowest BCUT2D eigenvalue weighted by Gasteiger charge is -2.40. The van der Waals surface area contributed by atoms with Gasteiger partial charge in [0.15, 0.2) is 11.5 Å². The minimum atomic E-state index is -1.07. The first-order valence-corrected chi connectivity index (χ1v) is 22.3. The lowest BCUT2D eigenvalue weighted by atomic mass is 9.77. The number of pyridine rings is 1. The number of benzene rings is 3. The third-order valence-electron chi connectivity index (χ3n) is 13.4. The number of aryl methyl sites for hydroxylation is 1. The molecule has 4 N–H and O–H groups in total. The van der Waals surface area contributed by atoms with E-state index in [0.29, 0.717) is 67.1 Å². The summed E-state index contributed by atoms with van der Waals surface area (Å²) in [6, 6.07) is 12.1. The van der Waals surface area contributed by atoms with Gasteiger partial charge >= 0.3 is 5.69 Å². The molecule has 0 radical (unpaired) electrons. The molecule has 1 saturated carbocycles. The number of amides is 5. The Kier molecular flexibility index (Phi) is 11.9. The van der Waals surface area contributed by atoms with E-state index in [-0.39, 0.29) is 77.7 Å². The maximum Gasteiger partial charge on any atom is 0.355 e. The molecule has 5 amide bonds. The Morgan fingerprint density at radius 1 is 0.970 bits per heavy atom. The molecule has 5 heterocycles. The average Bonchev–Trinajstić information content (AvgIpc) is 3.52. The van der Waals surface area contributed by atoms with Gasteiger partial charge in [0.2, 0.25) is 17.7 Å². The van der Waals surface area contributed by atoms with Crippen LogP contribution in [0.4, 0.5) is 20.3 Å². The van der Waals surface area contributed by atoms with Crippen molar-refractivity contribution in [2.75, 3.05) is 36.4 Å². The quantitative estimate of drug-likeness (QED) is 0.0963. The molecule has 346 valence electrons. The first kappa shape index (κ1) is 44.8. The SMILES string of the molecule is C=CCN1CCN(c2nc(=O)n(-c3c(C)ccc(CNC(=O)CC4CC(Nc5cccc6c5C(=O)N(C5CCC(=O)NC5=O)C6=O)C4)c3C)c3nc(-c4c(O)cccc4F)c(F)cc23)[C@@H](C)C1. The van der Waals surface area contributed by atoms with Crippen LogP contribution in [-0.2, 0) is 20.9 Å². The summed E-state index contributed by atoms with van der Waals surface area (Å²) in [6.45, 7) is 12.0. The molecular weight excluding hydrogens is 865 g/mol. The molecule has 2 aromatic heterocycles. The predicted molar refractivity (Wildman–Crippen MR) is 245 cm³/mol. The Hall–Kier alpha value is -7.34. The number of fused-ring (bicyclic) bond motifs is 2. The molecule has 2 saturated heterocycles. The van der Waals surface area contributed by atoms with Gasteiger partial charge in [-0.15, -0.1) is 6.58 Å². The molecular formula is C49H49F2N9O7. The van der Waals surface area contributed by atoms with Gasteiger partial charge in [-0.2, -0.15) is 4.98 Å². The van der Waals surface area contributed by atoms with Crippen molar-refractivity contribution in [3.63, 3.8) is 0 Å². The van der Waals surface area contributed by atoms with E-state index in [1.165, 1.54) is 28.8 Å². The average molecular weight is 914 g/mol. The first-order chi connectivity index (χ1) is 32.1. The molecule has 2 atom stereocenters. The summed E-state index contributed by atoms with van der Waals surface area (Å²) in [4.78, 5) is 93.2. The minimum Gasteiger partial charge on any atom is -0.507 e. The Balaban J connectivity index is 0.928. The van der Waals surface area contributed by atoms with Crippen LogP contribution < -0.4 is 26.5 Å². The fraction of sp³-hybridized carbons (Fsp3) is 0.347. The molecule has 67 heavy (non-hydrogen) atoms. The third kappa shape index (κ3) is 8.19. The van der Waals surface area contributed by atoms with Gasteiger partial charge in [-0.25, -0.2) is 23.1 Å². The second-order valence-corrected chi connectivity index (χ2v) is 17.8. The molecule has 3 fully saturated rings. The van der Waals surface area contributed by atoms with Crippen LogP contribution >= 0.6 is 0 Å². The highest BCUT2D eigenvalue weighted by molar-refractivity contribution is 6.25. The van der Waals surface area contributed by atoms with Crippen molar-refractivity contribution < 1.29 is 37.9 Å². The van der Waals surface area contributed by atoms with E-state index in [2.05, 4.69) is 37.4 Å². The number of halogens is 2. The number of phenolic OH excluding ortho intramolecular Hbond substituents is 1. The van der Waals surface area contributed by atoms with Gasteiger partial charge in [0.1, 0.15) is 29.1 Å². The van der Waals surface area contributed by atoms with Crippen molar-refractivity contribution >= 4 is 52.1 Å². The number of aromatic nitrogens is 3. The Morgan fingerprint density at radius 2 is 1.75 bits per heavy atom. The number of piperidine rings is 1. The third-order valence-corrected chi connectivity index (χ3v) is 13.4. The number of hydrogen-bond donors (Lipinski definition) is 4. The largest absolute Gasteiger partial charge is 0.507 e. The van der Waals surface area contributed by atoms with Crippen molar-refractivity contribution in [3.8, 4) is 22.7 Å². The topological polar surface area (TPSA) is 199 Å². The molecule has 1 unspecified atom stereocenters. The van der Waals surface area contributed by atoms with Crippen molar-refractivity contribution in [1.82, 2.24) is 35.0 Å². The van der Waals surface area contributed by atoms with Crippen molar-refractivity contribution in [2.24, 2.45) is 5.92 Å². The lowest BCUT2D eigenvalue weighted by molar-refractivity contribution is -0.136. The number of piperazine rings is 1. The summed E-state index contributed by atoms with van der Waals surface area (Å²) in [5.74, 6) is -4.59. The molecule has 4 aliphatic rings. The van der Waals surface area contributed by atoms with Crippen LogP contribution in [0.1, 0.15) is 76.4 Å². The highest BCUT2D eigenvalue weighted by atomic mass is 19.1. The predicted octanol–water partition coefficient (Wildman–Crippen LogP) is 5.04. The van der Waals surface area contributed by atoms with E-state index < -0.39 is 64.0 Å². The molecule has 1 aliphatic carbocycles. The molecule has 0 spiro atoms. The van der Waals surface area contributed by atoms with Gasteiger partial charge in [-0.05, 0) is 93.0 Å². The summed E-state index contributed by atoms with van der Waals surface area (Å²) in [7, 11) is 0. The maximum atomic E-state index is 16.2. The summed E-state index contributed by atoms with van der Waals surface area (Å²) < 4.78 is 32.8. The highest BCUT2D eigenvalue weighted by Crippen LogP contribution is 2.39. The van der Waals surface area contributed by atoms with Gasteiger partial charge in [0, 0.05) is 63.3 Å². The lowest BCUT2D eigenvalue weighted by Crippen LogP contribution is -2.54. The summed E-state index contributed by atoms with van der Waals surface area (Å²) in [5, 5.41) is 19.5. The standard InChI is InChI=1S/C49H49F2N9O7/c1-5-16-57-17-18-58(26(3)24-57)44-32-22-34(51)42(41-33(50)9-7-11-37(41)61)55-45(32)60(49(67)56-44)43-25(2)12-13-29(27(43)4)23-52-39(63)21-28-19-30(20-28)53-35-10-6-8-31-40(35)48(66)59(47(31)65)36-14-15-38(62)54-46(36)64/h5-13,22,26,28,30,36,53,61H,1,14-21,23-24H2,2-4H3,(H,52,63)(H,54,62,64)/t26-,28?,30?,36?/m0/s1. The van der Waals surface area contributed by atoms with Gasteiger partial charge < -0.3 is 20.6 Å². The van der Waals surface area contributed by atoms with Gasteiger partial charge in [-0.1, -0.05) is 30.3 Å². The fourth-order valence-electron chi connectivity index (χ4n) is 9.96. The number of hydrogen-bond acceptors (Lipinski definition) is 12. The van der Waals surface area contributed by atoms with Crippen LogP contribution in [0.25, 0.3) is 28.0 Å². The number of carbonyl (C=O) groups excluding carboxylic acids is 5. The number of carbonyl (C=O) groups is 5. The minimum absolute atomic E-state index is 0.0124. The Labute approximate surface area is 383 Å². The van der Waals surface area contributed by atoms with Gasteiger partial charge in [0.05, 0.1) is 27.8 Å². The summed E-state index contributed by atoms with van der Waals surface area (Å²) in [6.07, 6.45) is 3.35. The fourth-order valence-corrected chi connectivity index (χ4v) is 9.96. The molecule has 16 nitrogen and oxygen atoms in total. The van der Waals surface area contributed by atoms with E-state index in [9.17, 15) is 33.9 Å². The van der Waals surface area contributed by atoms with Crippen molar-refractivity contribution in [1.29, 1.82) is 0 Å². The van der Waals surface area contributed by atoms with Crippen LogP contribution in [0.15, 0.2) is 72.0 Å². The molecule has 3 aromatic carbocycles. The first-order valence-electron chi connectivity index (χ1n) is 22.3. The number of phenols is 1. The maximum absolute atomic E-state index is 16.2. The summed E-state index contributed by atoms with van der Waals surface area (Å²) in [5.41, 5.74) is 1.58. The molecule has 0 bridgehead atoms. The van der Waals surface area contributed by atoms with E-state index in [0.717, 1.165) is 11.0 Å². The second-order valence-electron chi connectivity index (χ2n) is 17.8. The second kappa shape index (κ2) is 17.8. The zero-order valence-corrected chi connectivity index (χ0v) is 37.2. The molecule has 9 rings (SSSR count). The van der Waals surface area contributed by atoms with Crippen molar-refractivity contribution in [2.45, 2.75) is 77.5 Å². The molecule has 3 aliphatic heterocycles.